The summed E-state index contributed by atoms with van der Waals surface area (Å²) in [7, 11) is 0. The molecule has 1 aromatic rings. The Labute approximate surface area is 135 Å². The molecule has 0 spiro atoms. The van der Waals surface area contributed by atoms with Crippen LogP contribution in [-0.2, 0) is 9.53 Å². The number of carbonyl (C=O) groups is 2. The lowest BCUT2D eigenvalue weighted by molar-refractivity contribution is -0.142. The molecule has 2 saturated heterocycles. The van der Waals surface area contributed by atoms with Gasteiger partial charge in [0.1, 0.15) is 11.9 Å². The number of carbonyl (C=O) groups excluding carboxylic acids is 2. The van der Waals surface area contributed by atoms with Crippen LogP contribution in [0, 0.1) is 18.7 Å². The first-order valence-corrected chi connectivity index (χ1v) is 8.27. The van der Waals surface area contributed by atoms with Crippen LogP contribution >= 0.6 is 0 Å². The standard InChI is InChI=1S/C18H22FNO3/c1-12-11-14(4-5-15(12)19)17(21)13-6-8-20(9-7-13)18(22)16-3-2-10-23-16/h4-5,11,13,16H,2-3,6-10H2,1H3. The number of rotatable bonds is 3. The van der Waals surface area contributed by atoms with Crippen LogP contribution in [0.25, 0.3) is 0 Å². The van der Waals surface area contributed by atoms with Gasteiger partial charge in [0.15, 0.2) is 5.78 Å². The van der Waals surface area contributed by atoms with E-state index in [1.165, 1.54) is 6.07 Å². The zero-order valence-electron chi connectivity index (χ0n) is 13.4. The Bertz CT molecular complexity index is 602. The lowest BCUT2D eigenvalue weighted by atomic mass is 9.88. The molecule has 0 aromatic heterocycles. The number of ketones is 1. The summed E-state index contributed by atoms with van der Waals surface area (Å²) in [5.74, 6) is -0.268. The molecule has 23 heavy (non-hydrogen) atoms. The van der Waals surface area contributed by atoms with Gasteiger partial charge in [0.05, 0.1) is 0 Å². The molecule has 1 atom stereocenters. The highest BCUT2D eigenvalue weighted by Crippen LogP contribution is 2.24. The third-order valence-corrected chi connectivity index (χ3v) is 4.83. The fraction of sp³-hybridized carbons (Fsp3) is 0.556. The van der Waals surface area contributed by atoms with Crippen molar-refractivity contribution in [3.8, 4) is 0 Å². The SMILES string of the molecule is Cc1cc(C(=O)C2CCN(C(=O)C3CCCO3)CC2)ccc1F. The zero-order valence-corrected chi connectivity index (χ0v) is 13.4. The van der Waals surface area contributed by atoms with Crippen LogP contribution < -0.4 is 0 Å². The van der Waals surface area contributed by atoms with Crippen molar-refractivity contribution in [1.82, 2.24) is 4.90 Å². The van der Waals surface area contributed by atoms with Gasteiger partial charge in [-0.05, 0) is 56.4 Å². The molecule has 2 aliphatic rings. The summed E-state index contributed by atoms with van der Waals surface area (Å²) in [6.45, 7) is 3.51. The van der Waals surface area contributed by atoms with Gasteiger partial charge in [0.25, 0.3) is 5.91 Å². The fourth-order valence-corrected chi connectivity index (χ4v) is 3.37. The number of ether oxygens (including phenoxy) is 1. The molecule has 0 saturated carbocycles. The van der Waals surface area contributed by atoms with Crippen LogP contribution in [0.15, 0.2) is 18.2 Å². The average Bonchev–Trinajstić information content (AvgIpc) is 3.11. The van der Waals surface area contributed by atoms with Crippen LogP contribution in [0.4, 0.5) is 4.39 Å². The highest BCUT2D eigenvalue weighted by Gasteiger charge is 2.32. The minimum absolute atomic E-state index is 0.0531. The van der Waals surface area contributed by atoms with Gasteiger partial charge in [0.2, 0.25) is 0 Å². The van der Waals surface area contributed by atoms with Crippen LogP contribution in [0.2, 0.25) is 0 Å². The molecule has 4 nitrogen and oxygen atoms in total. The molecule has 2 aliphatic heterocycles. The summed E-state index contributed by atoms with van der Waals surface area (Å²) in [6, 6.07) is 4.51. The number of benzene rings is 1. The van der Waals surface area contributed by atoms with E-state index in [9.17, 15) is 14.0 Å². The number of likely N-dealkylation sites (tertiary alicyclic amines) is 1. The third kappa shape index (κ3) is 3.44. The summed E-state index contributed by atoms with van der Waals surface area (Å²) >= 11 is 0. The van der Waals surface area contributed by atoms with Crippen molar-refractivity contribution in [2.75, 3.05) is 19.7 Å². The normalized spacial score (nSPS) is 22.3. The van der Waals surface area contributed by atoms with Gasteiger partial charge >= 0.3 is 0 Å². The second-order valence-electron chi connectivity index (χ2n) is 6.43. The van der Waals surface area contributed by atoms with Crippen molar-refractivity contribution in [3.05, 3.63) is 35.1 Å². The van der Waals surface area contributed by atoms with E-state index in [0.29, 0.717) is 43.7 Å². The van der Waals surface area contributed by atoms with Crippen molar-refractivity contribution < 1.29 is 18.7 Å². The predicted molar refractivity (Wildman–Crippen MR) is 83.7 cm³/mol. The lowest BCUT2D eigenvalue weighted by Crippen LogP contribution is -2.44. The van der Waals surface area contributed by atoms with E-state index in [4.69, 9.17) is 4.74 Å². The van der Waals surface area contributed by atoms with E-state index in [1.807, 2.05) is 4.90 Å². The Balaban J connectivity index is 1.58. The highest BCUT2D eigenvalue weighted by atomic mass is 19.1. The maximum atomic E-state index is 13.3. The number of Topliss-reactive ketones (excluding diaryl/α,β-unsaturated/α-hetero) is 1. The lowest BCUT2D eigenvalue weighted by Gasteiger charge is -2.32. The molecule has 124 valence electrons. The van der Waals surface area contributed by atoms with Gasteiger partial charge in [-0.2, -0.15) is 0 Å². The van der Waals surface area contributed by atoms with Crippen LogP contribution in [0.5, 0.6) is 0 Å². The Kier molecular flexibility index (Phi) is 4.76. The molecular weight excluding hydrogens is 297 g/mol. The van der Waals surface area contributed by atoms with E-state index >= 15 is 0 Å². The molecule has 0 radical (unpaired) electrons. The number of piperidine rings is 1. The Hall–Kier alpha value is -1.75. The quantitative estimate of drug-likeness (QED) is 0.805. The smallest absolute Gasteiger partial charge is 0.251 e. The van der Waals surface area contributed by atoms with Gasteiger partial charge in [-0.15, -0.1) is 0 Å². The predicted octanol–water partition coefficient (Wildman–Crippen LogP) is 2.73. The van der Waals surface area contributed by atoms with E-state index in [-0.39, 0.29) is 29.5 Å². The molecule has 2 fully saturated rings. The Morgan fingerprint density at radius 2 is 1.96 bits per heavy atom. The molecule has 0 N–H and O–H groups in total. The van der Waals surface area contributed by atoms with Gasteiger partial charge in [-0.1, -0.05) is 0 Å². The number of aryl methyl sites for hydroxylation is 1. The van der Waals surface area contributed by atoms with Gasteiger partial charge < -0.3 is 9.64 Å². The molecule has 1 unspecified atom stereocenters. The van der Waals surface area contributed by atoms with Crippen molar-refractivity contribution in [2.45, 2.75) is 38.7 Å². The summed E-state index contributed by atoms with van der Waals surface area (Å²) in [5.41, 5.74) is 1.05. The Morgan fingerprint density at radius 3 is 2.57 bits per heavy atom. The summed E-state index contributed by atoms with van der Waals surface area (Å²) < 4.78 is 18.8. The topological polar surface area (TPSA) is 46.6 Å². The molecule has 0 aliphatic carbocycles. The third-order valence-electron chi connectivity index (χ3n) is 4.83. The minimum atomic E-state index is -0.293. The first-order chi connectivity index (χ1) is 11.1. The number of halogens is 1. The van der Waals surface area contributed by atoms with E-state index < -0.39 is 0 Å². The number of hydrogen-bond acceptors (Lipinski definition) is 3. The fourth-order valence-electron chi connectivity index (χ4n) is 3.37. The van der Waals surface area contributed by atoms with Gasteiger partial charge in [0, 0.05) is 31.2 Å². The summed E-state index contributed by atoms with van der Waals surface area (Å²) in [5, 5.41) is 0. The van der Waals surface area contributed by atoms with Crippen molar-refractivity contribution in [1.29, 1.82) is 0 Å². The maximum absolute atomic E-state index is 13.3. The molecule has 3 rings (SSSR count). The monoisotopic (exact) mass is 319 g/mol. The van der Waals surface area contributed by atoms with Crippen LogP contribution in [0.3, 0.4) is 0 Å². The number of hydrogen-bond donors (Lipinski definition) is 0. The molecular formula is C18H22FNO3. The largest absolute Gasteiger partial charge is 0.368 e. The Morgan fingerprint density at radius 1 is 1.22 bits per heavy atom. The number of amides is 1. The van der Waals surface area contributed by atoms with E-state index in [0.717, 1.165) is 12.8 Å². The number of nitrogens with zero attached hydrogens (tertiary/aromatic N) is 1. The molecule has 1 amide bonds. The molecule has 0 bridgehead atoms. The first-order valence-electron chi connectivity index (χ1n) is 8.27. The van der Waals surface area contributed by atoms with Gasteiger partial charge in [-0.25, -0.2) is 4.39 Å². The minimum Gasteiger partial charge on any atom is -0.368 e. The maximum Gasteiger partial charge on any atom is 0.251 e. The van der Waals surface area contributed by atoms with Crippen molar-refractivity contribution >= 4 is 11.7 Å². The highest BCUT2D eigenvalue weighted by molar-refractivity contribution is 5.98. The van der Waals surface area contributed by atoms with Crippen LogP contribution in [-0.4, -0.2) is 42.4 Å². The second kappa shape index (κ2) is 6.79. The zero-order chi connectivity index (χ0) is 16.4. The molecule has 2 heterocycles. The second-order valence-corrected chi connectivity index (χ2v) is 6.43. The molecule has 5 heteroatoms. The van der Waals surface area contributed by atoms with Crippen molar-refractivity contribution in [2.24, 2.45) is 5.92 Å². The average molecular weight is 319 g/mol. The van der Waals surface area contributed by atoms with Gasteiger partial charge in [-0.3, -0.25) is 9.59 Å². The van der Waals surface area contributed by atoms with Crippen molar-refractivity contribution in [3.63, 3.8) is 0 Å². The first kappa shape index (κ1) is 16.1. The van der Waals surface area contributed by atoms with E-state index in [2.05, 4.69) is 0 Å². The van der Waals surface area contributed by atoms with E-state index in [1.54, 1.807) is 19.1 Å². The summed E-state index contributed by atoms with van der Waals surface area (Å²) in [4.78, 5) is 26.7. The molecule has 1 aromatic carbocycles. The summed E-state index contributed by atoms with van der Waals surface area (Å²) in [6.07, 6.45) is 2.77. The van der Waals surface area contributed by atoms with Crippen LogP contribution in [0.1, 0.15) is 41.6 Å².